The molecule has 0 aliphatic carbocycles. The third-order valence-corrected chi connectivity index (χ3v) is 6.52. The number of nitrogens with zero attached hydrogens (tertiary/aromatic N) is 3. The molecule has 1 N–H and O–H groups in total. The van der Waals surface area contributed by atoms with Crippen LogP contribution in [0.25, 0.3) is 0 Å². The highest BCUT2D eigenvalue weighted by molar-refractivity contribution is 7.11. The minimum atomic E-state index is -0.752. The molecule has 1 aromatic heterocycles. The minimum Gasteiger partial charge on any atom is -0.466 e. The number of esters is 1. The number of benzene rings is 1. The molecule has 1 saturated heterocycles. The van der Waals surface area contributed by atoms with Gasteiger partial charge in [-0.3, -0.25) is 9.89 Å². The monoisotopic (exact) mass is 464 g/mol. The Bertz CT molecular complexity index is 1030. The molecule has 7 nitrogen and oxygen atoms in total. The Kier molecular flexibility index (Phi) is 6.66. The molecule has 0 saturated carbocycles. The fourth-order valence-electron chi connectivity index (χ4n) is 3.75. The summed E-state index contributed by atoms with van der Waals surface area (Å²) in [4.78, 5) is 24.2. The number of nitrogens with one attached hydrogen (secondary N) is 1. The normalized spacial score (nSPS) is 21.4. The largest absolute Gasteiger partial charge is 0.466 e. The van der Waals surface area contributed by atoms with Gasteiger partial charge in [0.1, 0.15) is 11.9 Å². The van der Waals surface area contributed by atoms with E-state index in [1.54, 1.807) is 19.4 Å². The second-order valence-electron chi connectivity index (χ2n) is 7.26. The average Bonchev–Trinajstić information content (AvgIpc) is 3.29. The van der Waals surface area contributed by atoms with Crippen LogP contribution in [0.3, 0.4) is 0 Å². The summed E-state index contributed by atoms with van der Waals surface area (Å²) >= 11 is 7.79. The van der Waals surface area contributed by atoms with Crippen LogP contribution in [0.1, 0.15) is 23.0 Å². The number of halogens is 2. The molecule has 2 aliphatic heterocycles. The van der Waals surface area contributed by atoms with Crippen LogP contribution >= 0.6 is 22.9 Å². The number of aliphatic imine (C=N–C) groups is 1. The van der Waals surface area contributed by atoms with Crippen molar-refractivity contribution < 1.29 is 18.7 Å². The number of likely N-dealkylation sites (tertiary alicyclic amines) is 1. The van der Waals surface area contributed by atoms with Crippen molar-refractivity contribution in [3.8, 4) is 0 Å². The zero-order valence-corrected chi connectivity index (χ0v) is 18.7. The highest BCUT2D eigenvalue weighted by Gasteiger charge is 2.36. The van der Waals surface area contributed by atoms with Crippen LogP contribution in [0, 0.1) is 5.82 Å². The Labute approximate surface area is 188 Å². The van der Waals surface area contributed by atoms with Gasteiger partial charge in [0.15, 0.2) is 10.8 Å². The van der Waals surface area contributed by atoms with Crippen molar-refractivity contribution in [3.05, 3.63) is 62.5 Å². The van der Waals surface area contributed by atoms with Crippen molar-refractivity contribution in [2.75, 3.05) is 33.9 Å². The smallest absolute Gasteiger partial charge is 0.338 e. The lowest BCUT2D eigenvalue weighted by Crippen LogP contribution is -2.52. The maximum atomic E-state index is 13.7. The number of hydrogen-bond acceptors (Lipinski definition) is 8. The Morgan fingerprint density at radius 2 is 2.26 bits per heavy atom. The van der Waals surface area contributed by atoms with E-state index in [0.717, 1.165) is 13.0 Å². The molecule has 10 heteroatoms. The molecule has 1 unspecified atom stereocenters. The van der Waals surface area contributed by atoms with Gasteiger partial charge in [0.2, 0.25) is 0 Å². The number of amidine groups is 1. The third-order valence-electron chi connectivity index (χ3n) is 5.41. The van der Waals surface area contributed by atoms with Crippen LogP contribution in [0.15, 0.2) is 46.0 Å². The van der Waals surface area contributed by atoms with E-state index in [1.807, 2.05) is 5.38 Å². The summed E-state index contributed by atoms with van der Waals surface area (Å²) in [5.41, 5.74) is 1.53. The highest BCUT2D eigenvalue weighted by Crippen LogP contribution is 2.37. The van der Waals surface area contributed by atoms with E-state index >= 15 is 0 Å². The summed E-state index contributed by atoms with van der Waals surface area (Å²) in [6.07, 6.45) is 2.71. The van der Waals surface area contributed by atoms with Crippen molar-refractivity contribution in [2.24, 2.45) is 4.99 Å². The minimum absolute atomic E-state index is 0.191. The van der Waals surface area contributed by atoms with Gasteiger partial charge in [-0.1, -0.05) is 17.7 Å². The number of carbonyl (C=O) groups is 1. The van der Waals surface area contributed by atoms with E-state index in [-0.39, 0.29) is 11.1 Å². The topological polar surface area (TPSA) is 76.0 Å². The van der Waals surface area contributed by atoms with Gasteiger partial charge in [-0.05, 0) is 18.6 Å². The molecule has 164 valence electrons. The summed E-state index contributed by atoms with van der Waals surface area (Å²) in [7, 11) is 3.00. The highest BCUT2D eigenvalue weighted by atomic mass is 35.5. The Balaban J connectivity index is 1.79. The van der Waals surface area contributed by atoms with E-state index in [0.29, 0.717) is 40.8 Å². The lowest BCUT2D eigenvalue weighted by molar-refractivity contribution is -0.136. The van der Waals surface area contributed by atoms with Crippen LogP contribution in [0.2, 0.25) is 5.02 Å². The van der Waals surface area contributed by atoms with E-state index < -0.39 is 17.8 Å². The molecule has 0 radical (unpaired) electrons. The number of carbonyl (C=O) groups excluding carboxylic acids is 1. The molecule has 1 aromatic carbocycles. The lowest BCUT2D eigenvalue weighted by atomic mass is 9.94. The van der Waals surface area contributed by atoms with Crippen LogP contribution in [-0.4, -0.2) is 61.6 Å². The fourth-order valence-corrected chi connectivity index (χ4v) is 4.61. The first kappa shape index (κ1) is 21.9. The van der Waals surface area contributed by atoms with Crippen molar-refractivity contribution in [1.29, 1.82) is 0 Å². The predicted octanol–water partition coefficient (Wildman–Crippen LogP) is 3.17. The first-order valence-electron chi connectivity index (χ1n) is 9.75. The molecule has 2 atom stereocenters. The standard InChI is InChI=1S/C21H22ClFN4O3S/c1-29-11-13-5-7-27(13)10-16-17(21(28)30-2)18(14-4-3-12(23)9-15(14)22)26-19(25-16)20-24-6-8-31-20/h3-4,6,8-9,13,18H,5,7,10-11H2,1-2H3,(H,25,26)/t13-,18?/m1/s1. The van der Waals surface area contributed by atoms with E-state index in [9.17, 15) is 9.18 Å². The predicted molar refractivity (Wildman–Crippen MR) is 117 cm³/mol. The summed E-state index contributed by atoms with van der Waals surface area (Å²) < 4.78 is 24.1. The second kappa shape index (κ2) is 9.44. The van der Waals surface area contributed by atoms with Gasteiger partial charge in [0, 0.05) is 54.1 Å². The van der Waals surface area contributed by atoms with Crippen LogP contribution in [0.5, 0.6) is 0 Å². The van der Waals surface area contributed by atoms with E-state index in [4.69, 9.17) is 26.1 Å². The quantitative estimate of drug-likeness (QED) is 0.634. The molecule has 4 rings (SSSR count). The molecule has 31 heavy (non-hydrogen) atoms. The molecule has 0 spiro atoms. The Morgan fingerprint density at radius 1 is 1.42 bits per heavy atom. The van der Waals surface area contributed by atoms with Crippen LogP contribution in [0.4, 0.5) is 4.39 Å². The summed E-state index contributed by atoms with van der Waals surface area (Å²) in [5.74, 6) is -0.441. The number of hydrogen-bond donors (Lipinski definition) is 1. The van der Waals surface area contributed by atoms with Crippen molar-refractivity contribution in [1.82, 2.24) is 15.2 Å². The number of thiazole rings is 1. The zero-order chi connectivity index (χ0) is 22.0. The van der Waals surface area contributed by atoms with Gasteiger partial charge < -0.3 is 14.8 Å². The Hall–Kier alpha value is -2.33. The number of ether oxygens (including phenoxy) is 2. The van der Waals surface area contributed by atoms with E-state index in [2.05, 4.69) is 15.2 Å². The lowest BCUT2D eigenvalue weighted by Gasteiger charge is -2.42. The fraction of sp³-hybridized carbons (Fsp3) is 0.381. The summed E-state index contributed by atoms with van der Waals surface area (Å²) in [5, 5.41) is 6.01. The molecular weight excluding hydrogens is 443 g/mol. The van der Waals surface area contributed by atoms with Crippen molar-refractivity contribution >= 4 is 34.7 Å². The molecule has 1 fully saturated rings. The molecule has 2 aliphatic rings. The van der Waals surface area contributed by atoms with Gasteiger partial charge >= 0.3 is 5.97 Å². The average molecular weight is 465 g/mol. The third kappa shape index (κ3) is 4.50. The number of methoxy groups -OCH3 is 2. The van der Waals surface area contributed by atoms with Gasteiger partial charge in [0.05, 0.1) is 19.3 Å². The zero-order valence-electron chi connectivity index (χ0n) is 17.1. The van der Waals surface area contributed by atoms with Gasteiger partial charge in [-0.15, -0.1) is 11.3 Å². The molecule has 2 aromatic rings. The number of aromatic nitrogens is 1. The first-order chi connectivity index (χ1) is 15.0. The maximum absolute atomic E-state index is 13.7. The van der Waals surface area contributed by atoms with Gasteiger partial charge in [0.25, 0.3) is 0 Å². The molecule has 0 bridgehead atoms. The number of rotatable bonds is 7. The molecular formula is C21H22ClFN4O3S. The second-order valence-corrected chi connectivity index (χ2v) is 8.56. The Morgan fingerprint density at radius 3 is 2.87 bits per heavy atom. The van der Waals surface area contributed by atoms with E-state index in [1.165, 1.54) is 30.6 Å². The van der Waals surface area contributed by atoms with Crippen LogP contribution in [-0.2, 0) is 14.3 Å². The first-order valence-corrected chi connectivity index (χ1v) is 11.0. The molecule has 3 heterocycles. The molecule has 0 amide bonds. The van der Waals surface area contributed by atoms with Gasteiger partial charge in [-0.25, -0.2) is 14.2 Å². The van der Waals surface area contributed by atoms with Crippen LogP contribution < -0.4 is 5.32 Å². The van der Waals surface area contributed by atoms with Crippen molar-refractivity contribution in [3.63, 3.8) is 0 Å². The SMILES string of the molecule is COC[C@H]1CCN1CC1=C(C(=O)OC)C(c2ccc(F)cc2Cl)N=C(c2nccs2)N1. The van der Waals surface area contributed by atoms with Crippen molar-refractivity contribution in [2.45, 2.75) is 18.5 Å². The van der Waals surface area contributed by atoms with Gasteiger partial charge in [-0.2, -0.15) is 0 Å². The summed E-state index contributed by atoms with van der Waals surface area (Å²) in [6, 6.07) is 3.59. The maximum Gasteiger partial charge on any atom is 0.338 e. The summed E-state index contributed by atoms with van der Waals surface area (Å²) in [6.45, 7) is 1.99.